The first-order valence-corrected chi connectivity index (χ1v) is 9.31. The van der Waals surface area contributed by atoms with Crippen LogP contribution in [-0.2, 0) is 16.0 Å². The van der Waals surface area contributed by atoms with Gasteiger partial charge in [0.1, 0.15) is 12.5 Å². The van der Waals surface area contributed by atoms with E-state index in [9.17, 15) is 19.6 Å². The van der Waals surface area contributed by atoms with Crippen LogP contribution in [-0.4, -0.2) is 58.7 Å². The third kappa shape index (κ3) is 5.47. The molecule has 0 bridgehead atoms. The quantitative estimate of drug-likeness (QED) is 0.597. The molecule has 150 valence electrons. The number of hydrogen-bond donors (Lipinski definition) is 3. The van der Waals surface area contributed by atoms with Crippen molar-refractivity contribution in [3.05, 3.63) is 35.9 Å². The molecule has 1 unspecified atom stereocenters. The fourth-order valence-electron chi connectivity index (χ4n) is 3.35. The van der Waals surface area contributed by atoms with E-state index in [1.54, 1.807) is 11.8 Å². The number of nitriles is 1. The van der Waals surface area contributed by atoms with Crippen LogP contribution in [0.2, 0.25) is 0 Å². The molecule has 0 aromatic heterocycles. The molecule has 1 aliphatic rings. The molecule has 1 heterocycles. The molecule has 0 saturated carbocycles. The fourth-order valence-corrected chi connectivity index (χ4v) is 3.35. The van der Waals surface area contributed by atoms with Gasteiger partial charge in [-0.3, -0.25) is 4.79 Å². The summed E-state index contributed by atoms with van der Waals surface area (Å²) in [6, 6.07) is 11.1. The molecule has 28 heavy (non-hydrogen) atoms. The number of alkyl carbamates (subject to hydrolysis) is 1. The summed E-state index contributed by atoms with van der Waals surface area (Å²) >= 11 is 0. The number of ether oxygens (including phenoxy) is 1. The topological polar surface area (TPSA) is 123 Å². The van der Waals surface area contributed by atoms with Crippen LogP contribution in [0.1, 0.15) is 32.3 Å². The Morgan fingerprint density at radius 3 is 2.68 bits per heavy atom. The molecule has 1 aromatic carbocycles. The van der Waals surface area contributed by atoms with E-state index in [1.807, 2.05) is 43.3 Å². The van der Waals surface area contributed by atoms with Gasteiger partial charge in [-0.25, -0.2) is 4.79 Å². The van der Waals surface area contributed by atoms with Gasteiger partial charge in [-0.2, -0.15) is 5.26 Å². The SMILES string of the molecule is CC(C#N)C(=O)N1CCC[C@]1(C)COC(=O)N[C@@H](Cc1ccccc1)B(O)O. The monoisotopic (exact) mass is 387 g/mol. The molecule has 1 aliphatic heterocycles. The van der Waals surface area contributed by atoms with E-state index in [2.05, 4.69) is 5.32 Å². The van der Waals surface area contributed by atoms with Crippen molar-refractivity contribution in [3.63, 3.8) is 0 Å². The van der Waals surface area contributed by atoms with E-state index >= 15 is 0 Å². The van der Waals surface area contributed by atoms with Crippen LogP contribution in [0.5, 0.6) is 0 Å². The highest BCUT2D eigenvalue weighted by atomic mass is 16.5. The van der Waals surface area contributed by atoms with Crippen LogP contribution < -0.4 is 5.32 Å². The van der Waals surface area contributed by atoms with Crippen molar-refractivity contribution in [3.8, 4) is 6.07 Å². The highest BCUT2D eigenvalue weighted by Crippen LogP contribution is 2.30. The number of benzene rings is 1. The first kappa shape index (κ1) is 21.7. The number of carbonyl (C=O) groups excluding carboxylic acids is 2. The third-order valence-electron chi connectivity index (χ3n) is 5.05. The smallest absolute Gasteiger partial charge is 0.447 e. The Labute approximate surface area is 165 Å². The fraction of sp³-hybridized carbons (Fsp3) is 0.526. The van der Waals surface area contributed by atoms with Gasteiger partial charge < -0.3 is 25.0 Å². The molecule has 1 saturated heterocycles. The normalized spacial score (nSPS) is 20.8. The summed E-state index contributed by atoms with van der Waals surface area (Å²) in [4.78, 5) is 26.2. The minimum absolute atomic E-state index is 0.0394. The van der Waals surface area contributed by atoms with Crippen molar-refractivity contribution in [1.82, 2.24) is 10.2 Å². The summed E-state index contributed by atoms with van der Waals surface area (Å²) in [7, 11) is -1.75. The molecule has 3 atom stereocenters. The Morgan fingerprint density at radius 2 is 2.07 bits per heavy atom. The van der Waals surface area contributed by atoms with Crippen molar-refractivity contribution in [2.24, 2.45) is 5.92 Å². The number of likely N-dealkylation sites (tertiary alicyclic amines) is 1. The Hall–Kier alpha value is -2.57. The van der Waals surface area contributed by atoms with Gasteiger partial charge in [-0.15, -0.1) is 0 Å². The van der Waals surface area contributed by atoms with E-state index in [-0.39, 0.29) is 18.9 Å². The van der Waals surface area contributed by atoms with Gasteiger partial charge in [-0.05, 0) is 38.7 Å². The van der Waals surface area contributed by atoms with E-state index in [1.165, 1.54) is 0 Å². The van der Waals surface area contributed by atoms with Gasteiger partial charge in [-0.1, -0.05) is 30.3 Å². The molecule has 0 radical (unpaired) electrons. The summed E-state index contributed by atoms with van der Waals surface area (Å²) in [6.07, 6.45) is 0.857. The zero-order chi connectivity index (χ0) is 20.7. The molecular weight excluding hydrogens is 361 g/mol. The number of nitrogens with one attached hydrogen (secondary N) is 1. The standard InChI is InChI=1S/C19H26BN3O5/c1-14(12-21)17(24)23-10-6-9-19(23,2)13-28-18(25)22-16(20(26)27)11-15-7-4-3-5-8-15/h3-5,7-8,14,16,26-27H,6,9-11,13H2,1-2H3,(H,22,25)/t14?,16-,19+/m0/s1. The van der Waals surface area contributed by atoms with E-state index in [0.29, 0.717) is 13.0 Å². The molecule has 1 aromatic rings. The van der Waals surface area contributed by atoms with Crippen LogP contribution in [0.3, 0.4) is 0 Å². The number of carbonyl (C=O) groups is 2. The maximum Gasteiger partial charge on any atom is 0.475 e. The average molecular weight is 387 g/mol. The van der Waals surface area contributed by atoms with Gasteiger partial charge in [0.25, 0.3) is 0 Å². The second-order valence-electron chi connectivity index (χ2n) is 7.37. The maximum atomic E-state index is 12.4. The number of nitrogens with zero attached hydrogens (tertiary/aromatic N) is 2. The predicted molar refractivity (Wildman–Crippen MR) is 103 cm³/mol. The second-order valence-corrected chi connectivity index (χ2v) is 7.37. The van der Waals surface area contributed by atoms with Crippen molar-refractivity contribution >= 4 is 19.1 Å². The number of rotatable bonds is 7. The van der Waals surface area contributed by atoms with Crippen LogP contribution >= 0.6 is 0 Å². The molecule has 0 spiro atoms. The Kier molecular flexibility index (Phi) is 7.43. The molecular formula is C19H26BN3O5. The summed E-state index contributed by atoms with van der Waals surface area (Å²) in [5.74, 6) is -1.96. The molecule has 3 N–H and O–H groups in total. The first-order valence-electron chi connectivity index (χ1n) is 9.31. The molecule has 2 rings (SSSR count). The van der Waals surface area contributed by atoms with Gasteiger partial charge in [0.15, 0.2) is 0 Å². The molecule has 1 fully saturated rings. The highest BCUT2D eigenvalue weighted by molar-refractivity contribution is 6.43. The van der Waals surface area contributed by atoms with Crippen LogP contribution in [0, 0.1) is 17.2 Å². The van der Waals surface area contributed by atoms with E-state index < -0.39 is 30.6 Å². The predicted octanol–water partition coefficient (Wildman–Crippen LogP) is 0.877. The zero-order valence-electron chi connectivity index (χ0n) is 16.2. The van der Waals surface area contributed by atoms with Crippen LogP contribution in [0.4, 0.5) is 4.79 Å². The summed E-state index contributed by atoms with van der Waals surface area (Å²) in [6.45, 7) is 3.84. The van der Waals surface area contributed by atoms with Gasteiger partial charge >= 0.3 is 13.2 Å². The summed E-state index contributed by atoms with van der Waals surface area (Å²) in [5, 5.41) is 30.6. The lowest BCUT2D eigenvalue weighted by Crippen LogP contribution is -2.52. The molecule has 9 heteroatoms. The molecule has 8 nitrogen and oxygen atoms in total. The third-order valence-corrected chi connectivity index (χ3v) is 5.05. The van der Waals surface area contributed by atoms with Crippen molar-refractivity contribution < 1.29 is 24.4 Å². The first-order chi connectivity index (χ1) is 13.3. The van der Waals surface area contributed by atoms with Crippen LogP contribution in [0.15, 0.2) is 30.3 Å². The number of amides is 2. The van der Waals surface area contributed by atoms with E-state index in [0.717, 1.165) is 12.0 Å². The Bertz CT molecular complexity index is 724. The second kappa shape index (κ2) is 9.58. The lowest BCUT2D eigenvalue weighted by molar-refractivity contribution is -0.138. The average Bonchev–Trinajstić information content (AvgIpc) is 3.07. The largest absolute Gasteiger partial charge is 0.475 e. The Morgan fingerprint density at radius 1 is 1.39 bits per heavy atom. The lowest BCUT2D eigenvalue weighted by Gasteiger charge is -2.35. The Balaban J connectivity index is 1.94. The minimum Gasteiger partial charge on any atom is -0.447 e. The van der Waals surface area contributed by atoms with Gasteiger partial charge in [0, 0.05) is 6.54 Å². The van der Waals surface area contributed by atoms with Crippen molar-refractivity contribution in [1.29, 1.82) is 5.26 Å². The molecule has 2 amide bonds. The summed E-state index contributed by atoms with van der Waals surface area (Å²) < 4.78 is 5.29. The van der Waals surface area contributed by atoms with Gasteiger partial charge in [0.05, 0.1) is 17.5 Å². The van der Waals surface area contributed by atoms with Crippen molar-refractivity contribution in [2.75, 3.05) is 13.2 Å². The maximum absolute atomic E-state index is 12.4. The lowest BCUT2D eigenvalue weighted by atomic mass is 9.76. The van der Waals surface area contributed by atoms with Crippen LogP contribution in [0.25, 0.3) is 0 Å². The zero-order valence-corrected chi connectivity index (χ0v) is 16.2. The van der Waals surface area contributed by atoms with Crippen molar-refractivity contribution in [2.45, 2.75) is 44.6 Å². The minimum atomic E-state index is -1.75. The van der Waals surface area contributed by atoms with Gasteiger partial charge in [0.2, 0.25) is 5.91 Å². The molecule has 0 aliphatic carbocycles. The number of hydrogen-bond acceptors (Lipinski definition) is 6. The highest BCUT2D eigenvalue weighted by Gasteiger charge is 2.42. The van der Waals surface area contributed by atoms with E-state index in [4.69, 9.17) is 10.00 Å². The summed E-state index contributed by atoms with van der Waals surface area (Å²) in [5.41, 5.74) is 0.151.